The van der Waals surface area contributed by atoms with Gasteiger partial charge in [-0.25, -0.2) is 4.79 Å². The number of hydrogen-bond donors (Lipinski definition) is 2. The third-order valence-electron chi connectivity index (χ3n) is 3.07. The van der Waals surface area contributed by atoms with Gasteiger partial charge in [-0.05, 0) is 30.3 Å². The van der Waals surface area contributed by atoms with Crippen LogP contribution < -0.4 is 14.8 Å². The standard InChI is InChI=1S/C16H14BrNO5/c1-22-11-5-9(6-12(8-11)23-2)15(19)18-14-4-3-10(17)7-13(14)16(20)21/h3-8H,1-2H3,(H,18,19)(H,20,21). The van der Waals surface area contributed by atoms with Gasteiger partial charge < -0.3 is 19.9 Å². The number of methoxy groups -OCH3 is 2. The van der Waals surface area contributed by atoms with Crippen LogP contribution in [-0.2, 0) is 0 Å². The highest BCUT2D eigenvalue weighted by Gasteiger charge is 2.15. The second-order valence-corrected chi connectivity index (χ2v) is 5.47. The summed E-state index contributed by atoms with van der Waals surface area (Å²) in [6, 6.07) is 9.30. The first-order valence-electron chi connectivity index (χ1n) is 6.52. The molecule has 2 aromatic carbocycles. The molecule has 0 saturated carbocycles. The number of nitrogens with one attached hydrogen (secondary N) is 1. The third kappa shape index (κ3) is 4.01. The summed E-state index contributed by atoms with van der Waals surface area (Å²) in [5, 5.41) is 11.8. The number of anilines is 1. The van der Waals surface area contributed by atoms with Crippen molar-refractivity contribution in [3.8, 4) is 11.5 Å². The van der Waals surface area contributed by atoms with E-state index in [1.165, 1.54) is 38.5 Å². The van der Waals surface area contributed by atoms with E-state index >= 15 is 0 Å². The molecule has 0 fully saturated rings. The van der Waals surface area contributed by atoms with Crippen molar-refractivity contribution in [2.24, 2.45) is 0 Å². The van der Waals surface area contributed by atoms with Gasteiger partial charge in [-0.1, -0.05) is 15.9 Å². The molecular formula is C16H14BrNO5. The molecule has 1 amide bonds. The van der Waals surface area contributed by atoms with Gasteiger partial charge >= 0.3 is 5.97 Å². The molecule has 0 saturated heterocycles. The van der Waals surface area contributed by atoms with Gasteiger partial charge in [0, 0.05) is 16.1 Å². The van der Waals surface area contributed by atoms with Crippen LogP contribution in [0.3, 0.4) is 0 Å². The topological polar surface area (TPSA) is 84.9 Å². The second kappa shape index (κ2) is 7.15. The lowest BCUT2D eigenvalue weighted by molar-refractivity contribution is 0.0698. The van der Waals surface area contributed by atoms with E-state index in [2.05, 4.69) is 21.2 Å². The number of carboxylic acids is 1. The van der Waals surface area contributed by atoms with E-state index in [-0.39, 0.29) is 11.3 Å². The Morgan fingerprint density at radius 1 is 1.04 bits per heavy atom. The fraction of sp³-hybridized carbons (Fsp3) is 0.125. The van der Waals surface area contributed by atoms with Gasteiger partial charge in [0.2, 0.25) is 0 Å². The number of carboxylic acid groups (broad SMARTS) is 1. The smallest absolute Gasteiger partial charge is 0.337 e. The first kappa shape index (κ1) is 16.8. The largest absolute Gasteiger partial charge is 0.497 e. The fourth-order valence-corrected chi connectivity index (χ4v) is 2.30. The Labute approximate surface area is 141 Å². The van der Waals surface area contributed by atoms with Crippen LogP contribution in [0.15, 0.2) is 40.9 Å². The summed E-state index contributed by atoms with van der Waals surface area (Å²) in [5.41, 5.74) is 0.482. The van der Waals surface area contributed by atoms with Gasteiger partial charge in [-0.3, -0.25) is 4.79 Å². The molecule has 2 N–H and O–H groups in total. The Bertz CT molecular complexity index is 738. The van der Waals surface area contributed by atoms with Crippen molar-refractivity contribution in [1.29, 1.82) is 0 Å². The quantitative estimate of drug-likeness (QED) is 0.831. The second-order valence-electron chi connectivity index (χ2n) is 4.55. The zero-order valence-corrected chi connectivity index (χ0v) is 14.0. The third-order valence-corrected chi connectivity index (χ3v) is 3.57. The molecule has 0 spiro atoms. The number of amides is 1. The molecule has 6 nitrogen and oxygen atoms in total. The van der Waals surface area contributed by atoms with Crippen LogP contribution in [-0.4, -0.2) is 31.2 Å². The minimum Gasteiger partial charge on any atom is -0.497 e. The maximum atomic E-state index is 12.4. The molecule has 0 atom stereocenters. The Hall–Kier alpha value is -2.54. The lowest BCUT2D eigenvalue weighted by Gasteiger charge is -2.11. The summed E-state index contributed by atoms with van der Waals surface area (Å²) in [6.07, 6.45) is 0. The van der Waals surface area contributed by atoms with Crippen LogP contribution in [0.25, 0.3) is 0 Å². The SMILES string of the molecule is COc1cc(OC)cc(C(=O)Nc2ccc(Br)cc2C(=O)O)c1. The van der Waals surface area contributed by atoms with Gasteiger partial charge in [0.05, 0.1) is 25.5 Å². The first-order chi connectivity index (χ1) is 10.9. The number of ether oxygens (including phenoxy) is 2. The zero-order valence-electron chi connectivity index (χ0n) is 12.4. The lowest BCUT2D eigenvalue weighted by atomic mass is 10.1. The molecule has 0 radical (unpaired) electrons. The van der Waals surface area contributed by atoms with E-state index in [0.29, 0.717) is 21.5 Å². The van der Waals surface area contributed by atoms with E-state index in [9.17, 15) is 14.7 Å². The van der Waals surface area contributed by atoms with E-state index in [1.54, 1.807) is 12.1 Å². The number of carbonyl (C=O) groups excluding carboxylic acids is 1. The van der Waals surface area contributed by atoms with Crippen molar-refractivity contribution in [3.63, 3.8) is 0 Å². The van der Waals surface area contributed by atoms with Crippen molar-refractivity contribution < 1.29 is 24.2 Å². The van der Waals surface area contributed by atoms with E-state index in [4.69, 9.17) is 9.47 Å². The summed E-state index contributed by atoms with van der Waals surface area (Å²) < 4.78 is 10.8. The van der Waals surface area contributed by atoms with Gasteiger partial charge in [0.1, 0.15) is 11.5 Å². The van der Waals surface area contributed by atoms with Crippen LogP contribution in [0.1, 0.15) is 20.7 Å². The molecule has 7 heteroatoms. The minimum absolute atomic E-state index is 0.0115. The van der Waals surface area contributed by atoms with E-state index < -0.39 is 11.9 Å². The molecule has 0 unspecified atom stereocenters. The average Bonchev–Trinajstić information content (AvgIpc) is 2.55. The maximum Gasteiger partial charge on any atom is 0.337 e. The Kier molecular flexibility index (Phi) is 5.23. The predicted octanol–water partition coefficient (Wildman–Crippen LogP) is 3.42. The monoisotopic (exact) mass is 379 g/mol. The average molecular weight is 380 g/mol. The van der Waals surface area contributed by atoms with Gasteiger partial charge in [-0.2, -0.15) is 0 Å². The number of hydrogen-bond acceptors (Lipinski definition) is 4. The Morgan fingerprint density at radius 2 is 1.65 bits per heavy atom. The zero-order chi connectivity index (χ0) is 17.0. The molecule has 2 aromatic rings. The van der Waals surface area contributed by atoms with Crippen LogP contribution in [0, 0.1) is 0 Å². The highest BCUT2D eigenvalue weighted by Crippen LogP contribution is 2.25. The van der Waals surface area contributed by atoms with Crippen molar-refractivity contribution in [2.75, 3.05) is 19.5 Å². The number of halogens is 1. The van der Waals surface area contributed by atoms with E-state index in [0.717, 1.165) is 0 Å². The predicted molar refractivity (Wildman–Crippen MR) is 88.6 cm³/mol. The summed E-state index contributed by atoms with van der Waals surface area (Å²) in [6.45, 7) is 0. The van der Waals surface area contributed by atoms with Crippen LogP contribution in [0.5, 0.6) is 11.5 Å². The van der Waals surface area contributed by atoms with Crippen LogP contribution in [0.4, 0.5) is 5.69 Å². The van der Waals surface area contributed by atoms with Crippen molar-refractivity contribution in [1.82, 2.24) is 0 Å². The molecule has 2 rings (SSSR count). The van der Waals surface area contributed by atoms with Crippen molar-refractivity contribution >= 4 is 33.5 Å². The fourth-order valence-electron chi connectivity index (χ4n) is 1.94. The Balaban J connectivity index is 2.34. The number of aromatic carboxylic acids is 1. The minimum atomic E-state index is -1.13. The first-order valence-corrected chi connectivity index (χ1v) is 7.31. The molecule has 0 bridgehead atoms. The van der Waals surface area contributed by atoms with E-state index in [1.807, 2.05) is 0 Å². The number of benzene rings is 2. The van der Waals surface area contributed by atoms with Crippen LogP contribution >= 0.6 is 15.9 Å². The van der Waals surface area contributed by atoms with Gasteiger partial charge in [-0.15, -0.1) is 0 Å². The summed E-state index contributed by atoms with van der Waals surface area (Å²) >= 11 is 3.20. The van der Waals surface area contributed by atoms with Gasteiger partial charge in [0.25, 0.3) is 5.91 Å². The molecule has 120 valence electrons. The normalized spacial score (nSPS) is 10.0. The highest BCUT2D eigenvalue weighted by molar-refractivity contribution is 9.10. The summed E-state index contributed by atoms with van der Waals surface area (Å²) in [4.78, 5) is 23.7. The molecule has 0 aliphatic heterocycles. The molecule has 0 aliphatic carbocycles. The summed E-state index contributed by atoms with van der Waals surface area (Å²) in [7, 11) is 2.96. The maximum absolute atomic E-state index is 12.4. The van der Waals surface area contributed by atoms with Crippen molar-refractivity contribution in [3.05, 3.63) is 52.0 Å². The molecule has 23 heavy (non-hydrogen) atoms. The number of carbonyl (C=O) groups is 2. The lowest BCUT2D eigenvalue weighted by Crippen LogP contribution is -2.15. The van der Waals surface area contributed by atoms with Crippen LogP contribution in [0.2, 0.25) is 0 Å². The molecule has 0 aliphatic rings. The van der Waals surface area contributed by atoms with Gasteiger partial charge in [0.15, 0.2) is 0 Å². The van der Waals surface area contributed by atoms with Crippen molar-refractivity contribution in [2.45, 2.75) is 0 Å². The molecular weight excluding hydrogens is 366 g/mol. The summed E-state index contributed by atoms with van der Waals surface area (Å²) in [5.74, 6) is -0.677. The molecule has 0 aromatic heterocycles. The molecule has 0 heterocycles. The number of rotatable bonds is 5. The highest BCUT2D eigenvalue weighted by atomic mass is 79.9. The Morgan fingerprint density at radius 3 is 2.17 bits per heavy atom.